The van der Waals surface area contributed by atoms with Crippen LogP contribution in [0.15, 0.2) is 47.5 Å². The second kappa shape index (κ2) is 9.36. The number of nitrogens with zero attached hydrogens (tertiary/aromatic N) is 2. The minimum atomic E-state index is -0.669. The molecule has 0 unspecified atom stereocenters. The fourth-order valence-electron chi connectivity index (χ4n) is 2.23. The summed E-state index contributed by atoms with van der Waals surface area (Å²) in [5, 5.41) is 0. The van der Waals surface area contributed by atoms with Crippen molar-refractivity contribution in [3.05, 3.63) is 53.6 Å². The zero-order valence-corrected chi connectivity index (χ0v) is 16.3. The Hall–Kier alpha value is -3.88. The lowest BCUT2D eigenvalue weighted by atomic mass is 10.2. The largest absolute Gasteiger partial charge is 0.426 e. The van der Waals surface area contributed by atoms with Gasteiger partial charge in [0, 0.05) is 14.1 Å². The number of esters is 2. The topological polar surface area (TPSA) is 137 Å². The van der Waals surface area contributed by atoms with Crippen molar-refractivity contribution in [2.24, 2.45) is 16.5 Å². The van der Waals surface area contributed by atoms with Crippen LogP contribution in [0.5, 0.6) is 11.5 Å². The number of rotatable bonds is 6. The fourth-order valence-corrected chi connectivity index (χ4v) is 2.23. The molecule has 0 spiro atoms. The van der Waals surface area contributed by atoms with Gasteiger partial charge in [0.05, 0.1) is 11.3 Å². The van der Waals surface area contributed by atoms with Crippen molar-refractivity contribution in [1.82, 2.24) is 4.90 Å². The molecule has 0 aliphatic heterocycles. The lowest BCUT2D eigenvalue weighted by Gasteiger charge is -2.12. The van der Waals surface area contributed by atoms with Crippen LogP contribution in [-0.2, 0) is 9.59 Å². The van der Waals surface area contributed by atoms with E-state index in [9.17, 15) is 14.4 Å². The van der Waals surface area contributed by atoms with E-state index in [1.54, 1.807) is 39.2 Å². The molecule has 0 fully saturated rings. The predicted molar refractivity (Wildman–Crippen MR) is 107 cm³/mol. The Balaban J connectivity index is 2.02. The number of carbonyl (C=O) groups is 3. The van der Waals surface area contributed by atoms with Gasteiger partial charge in [0.15, 0.2) is 5.96 Å². The van der Waals surface area contributed by atoms with Gasteiger partial charge in [-0.05, 0) is 55.0 Å². The standard InChI is InChI=1S/C20H22N4O5/c1-12-10-15(8-9-16(12)29-18(26)11-17(25)24(2)3)28-19(27)13-4-6-14(7-5-13)23-20(21)22/h4-10H,11H2,1-3H3,(H4,21,22,23). The second-order valence-electron chi connectivity index (χ2n) is 6.34. The summed E-state index contributed by atoms with van der Waals surface area (Å²) in [4.78, 5) is 40.9. The highest BCUT2D eigenvalue weighted by Gasteiger charge is 2.15. The molecule has 9 nitrogen and oxygen atoms in total. The van der Waals surface area contributed by atoms with Crippen LogP contribution >= 0.6 is 0 Å². The van der Waals surface area contributed by atoms with Crippen LogP contribution in [-0.4, -0.2) is 42.8 Å². The number of benzene rings is 2. The number of ether oxygens (including phenoxy) is 2. The number of aryl methyl sites for hydroxylation is 1. The van der Waals surface area contributed by atoms with Gasteiger partial charge in [0.25, 0.3) is 0 Å². The molecule has 29 heavy (non-hydrogen) atoms. The van der Waals surface area contributed by atoms with Crippen molar-refractivity contribution in [3.8, 4) is 11.5 Å². The molecule has 4 N–H and O–H groups in total. The molecule has 0 saturated carbocycles. The molecule has 0 saturated heterocycles. The van der Waals surface area contributed by atoms with Crippen LogP contribution in [0.25, 0.3) is 0 Å². The first-order chi connectivity index (χ1) is 13.7. The van der Waals surface area contributed by atoms with Crippen LogP contribution in [0.4, 0.5) is 5.69 Å². The van der Waals surface area contributed by atoms with Crippen molar-refractivity contribution in [3.63, 3.8) is 0 Å². The summed E-state index contributed by atoms with van der Waals surface area (Å²) in [6, 6.07) is 10.8. The van der Waals surface area contributed by atoms with Crippen LogP contribution in [0.2, 0.25) is 0 Å². The maximum atomic E-state index is 12.3. The molecular formula is C20H22N4O5. The average Bonchev–Trinajstić information content (AvgIpc) is 2.63. The van der Waals surface area contributed by atoms with Gasteiger partial charge < -0.3 is 25.8 Å². The van der Waals surface area contributed by atoms with E-state index in [2.05, 4.69) is 4.99 Å². The van der Waals surface area contributed by atoms with E-state index < -0.39 is 11.9 Å². The van der Waals surface area contributed by atoms with E-state index in [-0.39, 0.29) is 29.8 Å². The first-order valence-corrected chi connectivity index (χ1v) is 8.59. The minimum Gasteiger partial charge on any atom is -0.426 e. The molecule has 152 valence electrons. The highest BCUT2D eigenvalue weighted by atomic mass is 16.5. The van der Waals surface area contributed by atoms with Gasteiger partial charge in [-0.3, -0.25) is 9.59 Å². The molecule has 0 heterocycles. The first-order valence-electron chi connectivity index (χ1n) is 8.59. The predicted octanol–water partition coefficient (Wildman–Crippen LogP) is 1.50. The van der Waals surface area contributed by atoms with Gasteiger partial charge in [-0.25, -0.2) is 9.79 Å². The van der Waals surface area contributed by atoms with Crippen molar-refractivity contribution in [1.29, 1.82) is 0 Å². The van der Waals surface area contributed by atoms with Crippen LogP contribution in [0.3, 0.4) is 0 Å². The Bertz CT molecular complexity index is 948. The van der Waals surface area contributed by atoms with Crippen molar-refractivity contribution in [2.45, 2.75) is 13.3 Å². The van der Waals surface area contributed by atoms with Gasteiger partial charge in [-0.2, -0.15) is 0 Å². The third-order valence-electron chi connectivity index (χ3n) is 3.74. The third-order valence-corrected chi connectivity index (χ3v) is 3.74. The van der Waals surface area contributed by atoms with Gasteiger partial charge in [0.1, 0.15) is 17.9 Å². The van der Waals surface area contributed by atoms with Crippen LogP contribution < -0.4 is 20.9 Å². The molecule has 0 aromatic heterocycles. The van der Waals surface area contributed by atoms with E-state index >= 15 is 0 Å². The zero-order valence-electron chi connectivity index (χ0n) is 16.3. The number of amides is 1. The fraction of sp³-hybridized carbons (Fsp3) is 0.200. The van der Waals surface area contributed by atoms with E-state index in [1.807, 2.05) is 0 Å². The number of hydrogen-bond acceptors (Lipinski definition) is 6. The smallest absolute Gasteiger partial charge is 0.343 e. The van der Waals surface area contributed by atoms with Crippen LogP contribution in [0, 0.1) is 6.92 Å². The molecule has 0 atom stereocenters. The van der Waals surface area contributed by atoms with E-state index in [4.69, 9.17) is 20.9 Å². The van der Waals surface area contributed by atoms with E-state index in [0.717, 1.165) is 0 Å². The number of hydrogen-bond donors (Lipinski definition) is 2. The second-order valence-corrected chi connectivity index (χ2v) is 6.34. The lowest BCUT2D eigenvalue weighted by Crippen LogP contribution is -2.26. The summed E-state index contributed by atoms with van der Waals surface area (Å²) < 4.78 is 10.5. The number of guanidine groups is 1. The lowest BCUT2D eigenvalue weighted by molar-refractivity contribution is -0.141. The molecule has 0 radical (unpaired) electrons. The normalized spacial score (nSPS) is 10.0. The number of aliphatic imine (C=N–C) groups is 1. The van der Waals surface area contributed by atoms with Crippen molar-refractivity contribution in [2.75, 3.05) is 14.1 Å². The molecule has 2 rings (SSSR count). The Morgan fingerprint density at radius 2 is 1.66 bits per heavy atom. The maximum Gasteiger partial charge on any atom is 0.343 e. The molecule has 0 aliphatic carbocycles. The molecule has 2 aromatic carbocycles. The Morgan fingerprint density at radius 3 is 2.21 bits per heavy atom. The average molecular weight is 398 g/mol. The van der Waals surface area contributed by atoms with Gasteiger partial charge in [0.2, 0.25) is 5.91 Å². The van der Waals surface area contributed by atoms with Crippen molar-refractivity contribution >= 4 is 29.5 Å². The Morgan fingerprint density at radius 1 is 1.00 bits per heavy atom. The molecule has 0 aliphatic rings. The van der Waals surface area contributed by atoms with Gasteiger partial charge >= 0.3 is 11.9 Å². The van der Waals surface area contributed by atoms with Crippen LogP contribution in [0.1, 0.15) is 22.3 Å². The summed E-state index contributed by atoms with van der Waals surface area (Å²) in [5.41, 5.74) is 12.0. The quantitative estimate of drug-likeness (QED) is 0.247. The van der Waals surface area contributed by atoms with Gasteiger partial charge in [-0.1, -0.05) is 0 Å². The molecule has 9 heteroatoms. The number of nitrogens with two attached hydrogens (primary N) is 2. The Kier molecular flexibility index (Phi) is 6.91. The molecule has 0 bridgehead atoms. The maximum absolute atomic E-state index is 12.3. The third kappa shape index (κ3) is 6.35. The summed E-state index contributed by atoms with van der Waals surface area (Å²) in [6.07, 6.45) is -0.362. The van der Waals surface area contributed by atoms with Crippen molar-refractivity contribution < 1.29 is 23.9 Å². The first kappa shape index (κ1) is 21.4. The van der Waals surface area contributed by atoms with Gasteiger partial charge in [-0.15, -0.1) is 0 Å². The molecular weight excluding hydrogens is 376 g/mol. The number of carbonyl (C=O) groups excluding carboxylic acids is 3. The minimum absolute atomic E-state index is 0.0809. The summed E-state index contributed by atoms with van der Waals surface area (Å²) in [6.45, 7) is 1.69. The zero-order chi connectivity index (χ0) is 21.6. The highest BCUT2D eigenvalue weighted by Crippen LogP contribution is 2.25. The van der Waals surface area contributed by atoms with E-state index in [1.165, 1.54) is 29.2 Å². The molecule has 2 aromatic rings. The van der Waals surface area contributed by atoms with E-state index in [0.29, 0.717) is 16.8 Å². The SMILES string of the molecule is Cc1cc(OC(=O)c2ccc(N=C(N)N)cc2)ccc1OC(=O)CC(=O)N(C)C. The Labute approximate surface area is 167 Å². The summed E-state index contributed by atoms with van der Waals surface area (Å²) >= 11 is 0. The summed E-state index contributed by atoms with van der Waals surface area (Å²) in [7, 11) is 3.11. The monoisotopic (exact) mass is 398 g/mol. The molecule has 1 amide bonds. The highest BCUT2D eigenvalue weighted by molar-refractivity contribution is 5.95. The summed E-state index contributed by atoms with van der Waals surface area (Å²) in [5.74, 6) is -1.11.